The van der Waals surface area contributed by atoms with Crippen LogP contribution in [0.15, 0.2) is 0 Å². The second kappa shape index (κ2) is 21.5. The van der Waals surface area contributed by atoms with Crippen molar-refractivity contribution in [2.45, 2.75) is 116 Å². The summed E-state index contributed by atoms with van der Waals surface area (Å²) in [6.07, 6.45) is -1.28. The van der Waals surface area contributed by atoms with E-state index < -0.39 is 115 Å². The van der Waals surface area contributed by atoms with E-state index in [0.717, 1.165) is 0 Å². The summed E-state index contributed by atoms with van der Waals surface area (Å²) in [6.45, 7) is 9.48. The SMILES string of the molecule is CC[C@H](C)[C@H](NC(=O)[C@@H](N)CC(C)C)C(=O)N[C@@H](CCC(=O)O)C(=O)N[C@@H](CO)C(=O)N[C@@H](CC(=O)O)C(=O)N[C@@H](CC(C)C)C(=O)O. The average Bonchev–Trinajstić information content (AvgIpc) is 2.97. The molecule has 18 heteroatoms. The number of carbonyl (C=O) groups is 8. The molecular formula is C30H52N6O12. The molecule has 0 rings (SSSR count). The van der Waals surface area contributed by atoms with Crippen LogP contribution in [-0.2, 0) is 38.4 Å². The Morgan fingerprint density at radius 2 is 1.08 bits per heavy atom. The molecule has 11 N–H and O–H groups in total. The van der Waals surface area contributed by atoms with Gasteiger partial charge in [-0.05, 0) is 37.0 Å². The molecule has 0 aromatic rings. The van der Waals surface area contributed by atoms with Crippen molar-refractivity contribution in [2.24, 2.45) is 23.5 Å². The first-order valence-electron chi connectivity index (χ1n) is 15.8. The zero-order valence-corrected chi connectivity index (χ0v) is 28.3. The number of aliphatic carboxylic acids is 3. The first-order chi connectivity index (χ1) is 22.2. The fraction of sp³-hybridized carbons (Fsp3) is 0.733. The highest BCUT2D eigenvalue weighted by molar-refractivity contribution is 5.97. The highest BCUT2D eigenvalue weighted by Crippen LogP contribution is 2.12. The van der Waals surface area contributed by atoms with E-state index in [1.165, 1.54) is 0 Å². The Bertz CT molecular complexity index is 1150. The minimum absolute atomic E-state index is 0.0000938. The lowest BCUT2D eigenvalue weighted by Crippen LogP contribution is -2.60. The maximum Gasteiger partial charge on any atom is 0.326 e. The molecule has 18 nitrogen and oxygen atoms in total. The lowest BCUT2D eigenvalue weighted by atomic mass is 9.96. The summed E-state index contributed by atoms with van der Waals surface area (Å²) in [7, 11) is 0. The molecule has 0 radical (unpaired) electrons. The normalized spacial score (nSPS) is 15.5. The molecule has 0 aliphatic carbocycles. The van der Waals surface area contributed by atoms with Gasteiger partial charge in [-0.1, -0.05) is 48.0 Å². The van der Waals surface area contributed by atoms with E-state index in [2.05, 4.69) is 26.6 Å². The van der Waals surface area contributed by atoms with E-state index >= 15 is 0 Å². The predicted octanol–water partition coefficient (Wildman–Crippen LogP) is -1.71. The first kappa shape index (κ1) is 43.7. The number of nitrogens with two attached hydrogens (primary N) is 1. The third kappa shape index (κ3) is 16.5. The average molecular weight is 689 g/mol. The molecular weight excluding hydrogens is 636 g/mol. The molecule has 0 fully saturated rings. The van der Waals surface area contributed by atoms with E-state index in [9.17, 15) is 58.8 Å². The van der Waals surface area contributed by atoms with Gasteiger partial charge in [0.25, 0.3) is 0 Å². The monoisotopic (exact) mass is 688 g/mol. The maximum atomic E-state index is 13.3. The molecule has 0 heterocycles. The summed E-state index contributed by atoms with van der Waals surface area (Å²) >= 11 is 0. The third-order valence-corrected chi connectivity index (χ3v) is 7.28. The van der Waals surface area contributed by atoms with Crippen LogP contribution in [0.3, 0.4) is 0 Å². The van der Waals surface area contributed by atoms with Gasteiger partial charge in [0.05, 0.1) is 19.1 Å². The Kier molecular flexibility index (Phi) is 19.6. The number of aliphatic hydroxyl groups is 1. The third-order valence-electron chi connectivity index (χ3n) is 7.28. The number of carboxylic acids is 3. The van der Waals surface area contributed by atoms with Gasteiger partial charge < -0.3 is 52.7 Å². The van der Waals surface area contributed by atoms with Gasteiger partial charge in [0.1, 0.15) is 30.2 Å². The number of carboxylic acid groups (broad SMARTS) is 3. The standard InChI is InChI=1S/C30H52N6O12/c1-7-16(6)24(36-25(42)17(31)10-14(2)3)29(46)32-18(8-9-22(38)39)26(43)35-21(13-37)28(45)33-19(12-23(40)41)27(44)34-20(30(47)48)11-15(4)5/h14-21,24,37H,7-13,31H2,1-6H3,(H,32,46)(H,33,45)(H,34,44)(H,35,43)(H,36,42)(H,38,39)(H,40,41)(H,47,48)/t16-,17-,18-,19-,20-,21-,24-/m0/s1. The van der Waals surface area contributed by atoms with E-state index in [1.54, 1.807) is 27.7 Å². The number of hydrogen-bond donors (Lipinski definition) is 10. The number of hydrogen-bond acceptors (Lipinski definition) is 10. The lowest BCUT2D eigenvalue weighted by Gasteiger charge is -2.28. The summed E-state index contributed by atoms with van der Waals surface area (Å²) in [5.41, 5.74) is 5.95. The number of rotatable bonds is 23. The van der Waals surface area contributed by atoms with Gasteiger partial charge in [0, 0.05) is 6.42 Å². The summed E-state index contributed by atoms with van der Waals surface area (Å²) in [4.78, 5) is 99.4. The summed E-state index contributed by atoms with van der Waals surface area (Å²) in [6, 6.07) is -8.67. The molecule has 5 amide bonds. The highest BCUT2D eigenvalue weighted by atomic mass is 16.4. The molecule has 0 saturated carbocycles. The van der Waals surface area contributed by atoms with E-state index in [0.29, 0.717) is 12.8 Å². The minimum atomic E-state index is -1.81. The molecule has 274 valence electrons. The van der Waals surface area contributed by atoms with Crippen molar-refractivity contribution in [3.63, 3.8) is 0 Å². The van der Waals surface area contributed by atoms with Gasteiger partial charge in [-0.25, -0.2) is 4.79 Å². The molecule has 0 aliphatic heterocycles. The van der Waals surface area contributed by atoms with Gasteiger partial charge in [0.15, 0.2) is 0 Å². The zero-order valence-electron chi connectivity index (χ0n) is 28.3. The zero-order chi connectivity index (χ0) is 37.3. The Labute approximate surface area is 279 Å². The first-order valence-corrected chi connectivity index (χ1v) is 15.8. The van der Waals surface area contributed by atoms with Crippen LogP contribution in [0.1, 0.15) is 80.1 Å². The highest BCUT2D eigenvalue weighted by Gasteiger charge is 2.34. The Morgan fingerprint density at radius 1 is 0.604 bits per heavy atom. The minimum Gasteiger partial charge on any atom is -0.481 e. The largest absolute Gasteiger partial charge is 0.481 e. The topological polar surface area (TPSA) is 304 Å². The van der Waals surface area contributed by atoms with Gasteiger partial charge >= 0.3 is 17.9 Å². The van der Waals surface area contributed by atoms with Crippen LogP contribution in [0.25, 0.3) is 0 Å². The van der Waals surface area contributed by atoms with Crippen molar-refractivity contribution in [3.8, 4) is 0 Å². The molecule has 7 atom stereocenters. The number of carbonyl (C=O) groups excluding carboxylic acids is 5. The summed E-state index contributed by atoms with van der Waals surface area (Å²) in [5, 5.41) is 49.1. The Balaban J connectivity index is 6.01. The van der Waals surface area contributed by atoms with Crippen LogP contribution in [-0.4, -0.2) is 111 Å². The number of aliphatic hydroxyl groups excluding tert-OH is 1. The Hall–Kier alpha value is -4.32. The molecule has 0 unspecified atom stereocenters. The van der Waals surface area contributed by atoms with Crippen molar-refractivity contribution in [3.05, 3.63) is 0 Å². The number of nitrogens with one attached hydrogen (secondary N) is 5. The van der Waals surface area contributed by atoms with E-state index in [-0.39, 0.29) is 18.3 Å². The van der Waals surface area contributed by atoms with Crippen LogP contribution < -0.4 is 32.3 Å². The van der Waals surface area contributed by atoms with Crippen molar-refractivity contribution in [1.82, 2.24) is 26.6 Å². The van der Waals surface area contributed by atoms with Gasteiger partial charge in [-0.2, -0.15) is 0 Å². The van der Waals surface area contributed by atoms with E-state index in [4.69, 9.17) is 5.73 Å². The lowest BCUT2D eigenvalue weighted by molar-refractivity contribution is -0.144. The second-order valence-corrected chi connectivity index (χ2v) is 12.5. The van der Waals surface area contributed by atoms with E-state index in [1.807, 2.05) is 13.8 Å². The molecule has 0 spiro atoms. The summed E-state index contributed by atoms with van der Waals surface area (Å²) in [5.74, 6) is -9.67. The molecule has 0 aromatic heterocycles. The molecule has 48 heavy (non-hydrogen) atoms. The fourth-order valence-electron chi connectivity index (χ4n) is 4.46. The Morgan fingerprint density at radius 3 is 1.54 bits per heavy atom. The summed E-state index contributed by atoms with van der Waals surface area (Å²) < 4.78 is 0. The molecule has 0 aromatic carbocycles. The molecule has 0 bridgehead atoms. The van der Waals surface area contributed by atoms with Crippen molar-refractivity contribution >= 4 is 47.4 Å². The smallest absolute Gasteiger partial charge is 0.326 e. The van der Waals surface area contributed by atoms with Crippen LogP contribution in [0, 0.1) is 17.8 Å². The molecule has 0 aliphatic rings. The van der Waals surface area contributed by atoms with Crippen LogP contribution in [0.5, 0.6) is 0 Å². The van der Waals surface area contributed by atoms with Crippen molar-refractivity contribution < 1.29 is 58.8 Å². The van der Waals surface area contributed by atoms with Crippen LogP contribution in [0.4, 0.5) is 0 Å². The second-order valence-electron chi connectivity index (χ2n) is 12.5. The number of amides is 5. The quantitative estimate of drug-likeness (QED) is 0.0573. The predicted molar refractivity (Wildman–Crippen MR) is 170 cm³/mol. The van der Waals surface area contributed by atoms with Crippen molar-refractivity contribution in [2.75, 3.05) is 6.61 Å². The molecule has 0 saturated heterocycles. The van der Waals surface area contributed by atoms with Gasteiger partial charge in [-0.15, -0.1) is 0 Å². The van der Waals surface area contributed by atoms with Gasteiger partial charge in [0.2, 0.25) is 29.5 Å². The fourth-order valence-corrected chi connectivity index (χ4v) is 4.46. The maximum absolute atomic E-state index is 13.3. The van der Waals surface area contributed by atoms with Crippen molar-refractivity contribution in [1.29, 1.82) is 0 Å². The van der Waals surface area contributed by atoms with Crippen LogP contribution >= 0.6 is 0 Å². The van der Waals surface area contributed by atoms with Crippen LogP contribution in [0.2, 0.25) is 0 Å². The van der Waals surface area contributed by atoms with Gasteiger partial charge in [-0.3, -0.25) is 33.6 Å².